The fourth-order valence-electron chi connectivity index (χ4n) is 3.35. The number of sulfonamides is 1. The fraction of sp³-hybridized carbons (Fsp3) is 0.471. The second-order valence-electron chi connectivity index (χ2n) is 6.30. The van der Waals surface area contributed by atoms with E-state index in [1.54, 1.807) is 18.2 Å². The maximum Gasteiger partial charge on any atom is 0.246 e. The molecule has 0 spiro atoms. The molecule has 1 N–H and O–H groups in total. The summed E-state index contributed by atoms with van der Waals surface area (Å²) in [4.78, 5) is 0.346. The van der Waals surface area contributed by atoms with Crippen molar-refractivity contribution in [2.45, 2.75) is 38.0 Å². The molecule has 124 valence electrons. The van der Waals surface area contributed by atoms with Crippen molar-refractivity contribution in [3.63, 3.8) is 0 Å². The van der Waals surface area contributed by atoms with Crippen molar-refractivity contribution >= 4 is 10.0 Å². The number of aromatic amines is 1. The zero-order valence-electron chi connectivity index (χ0n) is 13.6. The highest BCUT2D eigenvalue weighted by molar-refractivity contribution is 7.89. The molecular formula is C17H23N3O2S. The van der Waals surface area contributed by atoms with Gasteiger partial charge in [-0.2, -0.15) is 9.40 Å². The number of nitrogens with one attached hydrogen (secondary N) is 1. The van der Waals surface area contributed by atoms with Crippen LogP contribution in [0.3, 0.4) is 0 Å². The van der Waals surface area contributed by atoms with Gasteiger partial charge in [0.15, 0.2) is 0 Å². The summed E-state index contributed by atoms with van der Waals surface area (Å²) in [6, 6.07) is 10.4. The third kappa shape index (κ3) is 3.33. The van der Waals surface area contributed by atoms with Crippen LogP contribution in [-0.2, 0) is 16.4 Å². The van der Waals surface area contributed by atoms with Crippen LogP contribution in [0.25, 0.3) is 0 Å². The quantitative estimate of drug-likeness (QED) is 0.935. The number of hydrogen-bond acceptors (Lipinski definition) is 3. The summed E-state index contributed by atoms with van der Waals surface area (Å²) in [5.41, 5.74) is 2.50. The molecule has 0 bridgehead atoms. The number of benzene rings is 1. The van der Waals surface area contributed by atoms with E-state index in [9.17, 15) is 8.42 Å². The van der Waals surface area contributed by atoms with E-state index in [1.165, 1.54) is 5.56 Å². The number of piperidine rings is 1. The summed E-state index contributed by atoms with van der Waals surface area (Å²) < 4.78 is 27.3. The van der Waals surface area contributed by atoms with Gasteiger partial charge in [0.1, 0.15) is 4.90 Å². The predicted octanol–water partition coefficient (Wildman–Crippen LogP) is 2.67. The minimum atomic E-state index is -3.44. The highest BCUT2D eigenvalue weighted by Gasteiger charge is 2.32. The molecule has 0 aliphatic carbocycles. The molecule has 1 saturated heterocycles. The van der Waals surface area contributed by atoms with E-state index in [1.807, 2.05) is 6.07 Å². The number of hydrogen-bond donors (Lipinski definition) is 1. The Morgan fingerprint density at radius 2 is 1.83 bits per heavy atom. The molecule has 1 aromatic carbocycles. The van der Waals surface area contributed by atoms with E-state index in [4.69, 9.17) is 0 Å². The van der Waals surface area contributed by atoms with Crippen LogP contribution in [0.4, 0.5) is 0 Å². The number of aryl methyl sites for hydroxylation is 2. The van der Waals surface area contributed by atoms with Crippen molar-refractivity contribution in [1.29, 1.82) is 0 Å². The van der Waals surface area contributed by atoms with E-state index >= 15 is 0 Å². The molecule has 0 amide bonds. The SMILES string of the molecule is Cc1n[nH]c(C)c1S(=O)(=O)N1CCC(Cc2ccccc2)CC1. The van der Waals surface area contributed by atoms with Crippen LogP contribution in [0.1, 0.15) is 29.8 Å². The third-order valence-corrected chi connectivity index (χ3v) is 6.76. The Morgan fingerprint density at radius 1 is 1.17 bits per heavy atom. The van der Waals surface area contributed by atoms with Crippen molar-refractivity contribution in [3.8, 4) is 0 Å². The normalized spacial score (nSPS) is 17.5. The van der Waals surface area contributed by atoms with Crippen LogP contribution in [-0.4, -0.2) is 36.0 Å². The summed E-state index contributed by atoms with van der Waals surface area (Å²) in [6.07, 6.45) is 2.84. The van der Waals surface area contributed by atoms with Crippen molar-refractivity contribution in [3.05, 3.63) is 47.3 Å². The maximum absolute atomic E-state index is 12.8. The zero-order valence-corrected chi connectivity index (χ0v) is 14.4. The van der Waals surface area contributed by atoms with Gasteiger partial charge in [0.2, 0.25) is 10.0 Å². The Bertz CT molecular complexity index is 741. The Balaban J connectivity index is 1.67. The molecule has 0 saturated carbocycles. The monoisotopic (exact) mass is 333 g/mol. The fourth-order valence-corrected chi connectivity index (χ4v) is 5.15. The smallest absolute Gasteiger partial charge is 0.246 e. The van der Waals surface area contributed by atoms with Crippen LogP contribution < -0.4 is 0 Å². The first-order valence-electron chi connectivity index (χ1n) is 8.04. The Morgan fingerprint density at radius 3 is 2.39 bits per heavy atom. The van der Waals surface area contributed by atoms with Gasteiger partial charge >= 0.3 is 0 Å². The lowest BCUT2D eigenvalue weighted by Gasteiger charge is -2.31. The van der Waals surface area contributed by atoms with Crippen LogP contribution in [0.5, 0.6) is 0 Å². The molecule has 2 aromatic rings. The standard InChI is InChI=1S/C17H23N3O2S/c1-13-17(14(2)19-18-13)23(21,22)20-10-8-16(9-11-20)12-15-6-4-3-5-7-15/h3-7,16H,8-12H2,1-2H3,(H,18,19). The predicted molar refractivity (Wildman–Crippen MR) is 89.7 cm³/mol. The van der Waals surface area contributed by atoms with Gasteiger partial charge in [-0.25, -0.2) is 8.42 Å². The van der Waals surface area contributed by atoms with Crippen molar-refractivity contribution < 1.29 is 8.42 Å². The highest BCUT2D eigenvalue weighted by Crippen LogP contribution is 2.28. The van der Waals surface area contributed by atoms with Gasteiger partial charge in [-0.05, 0) is 44.6 Å². The first kappa shape index (κ1) is 16.2. The Kier molecular flexibility index (Phi) is 4.55. The average Bonchev–Trinajstić information content (AvgIpc) is 2.88. The van der Waals surface area contributed by atoms with Gasteiger partial charge in [-0.1, -0.05) is 30.3 Å². The van der Waals surface area contributed by atoms with Gasteiger partial charge in [0.05, 0.1) is 11.4 Å². The number of nitrogens with zero attached hydrogens (tertiary/aromatic N) is 2. The topological polar surface area (TPSA) is 66.1 Å². The van der Waals surface area contributed by atoms with Crippen LogP contribution in [0.2, 0.25) is 0 Å². The van der Waals surface area contributed by atoms with Crippen LogP contribution in [0, 0.1) is 19.8 Å². The summed E-state index contributed by atoms with van der Waals surface area (Å²) in [5.74, 6) is 0.551. The molecule has 1 aliphatic rings. The highest BCUT2D eigenvalue weighted by atomic mass is 32.2. The molecule has 0 atom stereocenters. The van der Waals surface area contributed by atoms with E-state index in [-0.39, 0.29) is 0 Å². The minimum absolute atomic E-state index is 0.346. The van der Waals surface area contributed by atoms with Crippen molar-refractivity contribution in [1.82, 2.24) is 14.5 Å². The lowest BCUT2D eigenvalue weighted by Crippen LogP contribution is -2.39. The van der Waals surface area contributed by atoms with Crippen molar-refractivity contribution in [2.75, 3.05) is 13.1 Å². The van der Waals surface area contributed by atoms with Crippen LogP contribution in [0.15, 0.2) is 35.2 Å². The van der Waals surface area contributed by atoms with Gasteiger partial charge in [-0.3, -0.25) is 5.10 Å². The molecular weight excluding hydrogens is 310 g/mol. The van der Waals surface area contributed by atoms with Gasteiger partial charge in [0, 0.05) is 13.1 Å². The lowest BCUT2D eigenvalue weighted by atomic mass is 9.91. The average molecular weight is 333 g/mol. The summed E-state index contributed by atoms with van der Waals surface area (Å²) in [5, 5.41) is 6.78. The molecule has 5 nitrogen and oxygen atoms in total. The molecule has 0 radical (unpaired) electrons. The molecule has 6 heteroatoms. The van der Waals surface area contributed by atoms with Gasteiger partial charge in [-0.15, -0.1) is 0 Å². The van der Waals surface area contributed by atoms with Crippen LogP contribution >= 0.6 is 0 Å². The summed E-state index contributed by atoms with van der Waals surface area (Å²) >= 11 is 0. The second-order valence-corrected chi connectivity index (χ2v) is 8.18. The third-order valence-electron chi connectivity index (χ3n) is 4.60. The molecule has 1 aromatic heterocycles. The summed E-state index contributed by atoms with van der Waals surface area (Å²) in [7, 11) is -3.44. The maximum atomic E-state index is 12.8. The molecule has 1 fully saturated rings. The largest absolute Gasteiger partial charge is 0.281 e. The first-order chi connectivity index (χ1) is 11.0. The van der Waals surface area contributed by atoms with E-state index in [2.05, 4.69) is 34.5 Å². The Hall–Kier alpha value is -1.66. The van der Waals surface area contributed by atoms with Gasteiger partial charge < -0.3 is 0 Å². The van der Waals surface area contributed by atoms with Crippen molar-refractivity contribution in [2.24, 2.45) is 5.92 Å². The second kappa shape index (κ2) is 6.45. The first-order valence-corrected chi connectivity index (χ1v) is 9.48. The number of aromatic nitrogens is 2. The lowest BCUT2D eigenvalue weighted by molar-refractivity contribution is 0.272. The molecule has 23 heavy (non-hydrogen) atoms. The van der Waals surface area contributed by atoms with Gasteiger partial charge in [0.25, 0.3) is 0 Å². The molecule has 3 rings (SSSR count). The van der Waals surface area contributed by atoms with E-state index in [0.29, 0.717) is 35.3 Å². The molecule has 1 aliphatic heterocycles. The molecule has 2 heterocycles. The number of rotatable bonds is 4. The minimum Gasteiger partial charge on any atom is -0.281 e. The Labute approximate surface area is 137 Å². The number of H-pyrrole nitrogens is 1. The van der Waals surface area contributed by atoms with E-state index in [0.717, 1.165) is 19.3 Å². The molecule has 0 unspecified atom stereocenters. The summed E-state index contributed by atoms with van der Waals surface area (Å²) in [6.45, 7) is 4.67. The van der Waals surface area contributed by atoms with E-state index < -0.39 is 10.0 Å². The zero-order chi connectivity index (χ0) is 16.4.